The molecule has 106 valence electrons. The summed E-state index contributed by atoms with van der Waals surface area (Å²) in [5.74, 6) is 0.731. The highest BCUT2D eigenvalue weighted by Crippen LogP contribution is 2.24. The van der Waals surface area contributed by atoms with Crippen LogP contribution < -0.4 is 5.32 Å². The SMILES string of the molecule is FC(F)(F)COCCCN1C[C@@H]2CCCN[C@@H]2C1. The summed E-state index contributed by atoms with van der Waals surface area (Å²) in [7, 11) is 0. The van der Waals surface area contributed by atoms with Gasteiger partial charge in [-0.25, -0.2) is 0 Å². The van der Waals surface area contributed by atoms with Crippen molar-refractivity contribution in [2.45, 2.75) is 31.5 Å². The van der Waals surface area contributed by atoms with E-state index < -0.39 is 12.8 Å². The zero-order valence-corrected chi connectivity index (χ0v) is 10.5. The summed E-state index contributed by atoms with van der Waals surface area (Å²) in [6, 6.07) is 0.592. The highest BCUT2D eigenvalue weighted by molar-refractivity contribution is 4.91. The van der Waals surface area contributed by atoms with Crippen LogP contribution in [-0.4, -0.2) is 56.5 Å². The summed E-state index contributed by atoms with van der Waals surface area (Å²) >= 11 is 0. The molecule has 1 N–H and O–H groups in total. The Hall–Kier alpha value is -0.330. The van der Waals surface area contributed by atoms with Gasteiger partial charge in [0.15, 0.2) is 0 Å². The van der Waals surface area contributed by atoms with Crippen LogP contribution in [0.25, 0.3) is 0 Å². The molecule has 0 radical (unpaired) electrons. The van der Waals surface area contributed by atoms with E-state index in [1.165, 1.54) is 12.8 Å². The van der Waals surface area contributed by atoms with E-state index in [0.717, 1.165) is 32.1 Å². The Balaban J connectivity index is 1.55. The molecule has 0 aromatic carbocycles. The molecule has 6 heteroatoms. The average Bonchev–Trinajstić information content (AvgIpc) is 2.69. The first kappa shape index (κ1) is 14.1. The van der Waals surface area contributed by atoms with Crippen LogP contribution in [0.4, 0.5) is 13.2 Å². The number of nitrogens with one attached hydrogen (secondary N) is 1. The van der Waals surface area contributed by atoms with Crippen molar-refractivity contribution in [1.29, 1.82) is 0 Å². The molecule has 2 aliphatic rings. The molecule has 2 saturated heterocycles. The summed E-state index contributed by atoms with van der Waals surface area (Å²) in [5, 5.41) is 3.51. The number of piperidine rings is 1. The largest absolute Gasteiger partial charge is 0.411 e. The maximum absolute atomic E-state index is 11.8. The second-order valence-electron chi connectivity index (χ2n) is 5.24. The monoisotopic (exact) mass is 266 g/mol. The Morgan fingerprint density at radius 1 is 1.28 bits per heavy atom. The normalized spacial score (nSPS) is 29.5. The van der Waals surface area contributed by atoms with Gasteiger partial charge in [-0.3, -0.25) is 0 Å². The van der Waals surface area contributed by atoms with Crippen LogP contribution in [0.1, 0.15) is 19.3 Å². The first-order valence-corrected chi connectivity index (χ1v) is 6.65. The molecule has 0 spiro atoms. The van der Waals surface area contributed by atoms with E-state index in [4.69, 9.17) is 0 Å². The summed E-state index contributed by atoms with van der Waals surface area (Å²) in [6.45, 7) is 3.12. The van der Waals surface area contributed by atoms with E-state index in [1.807, 2.05) is 0 Å². The Bertz CT molecular complexity index is 246. The number of hydrogen-bond acceptors (Lipinski definition) is 3. The van der Waals surface area contributed by atoms with Gasteiger partial charge in [-0.1, -0.05) is 0 Å². The van der Waals surface area contributed by atoms with E-state index in [1.54, 1.807) is 0 Å². The topological polar surface area (TPSA) is 24.5 Å². The molecule has 2 atom stereocenters. The maximum atomic E-state index is 11.8. The second kappa shape index (κ2) is 6.21. The van der Waals surface area contributed by atoms with E-state index in [0.29, 0.717) is 12.5 Å². The molecule has 3 nitrogen and oxygen atoms in total. The lowest BCUT2D eigenvalue weighted by Gasteiger charge is -2.24. The van der Waals surface area contributed by atoms with Crippen LogP contribution in [-0.2, 0) is 4.74 Å². The Labute approximate surface area is 106 Å². The number of hydrogen-bond donors (Lipinski definition) is 1. The number of likely N-dealkylation sites (tertiary alicyclic amines) is 1. The lowest BCUT2D eigenvalue weighted by atomic mass is 9.94. The third kappa shape index (κ3) is 4.40. The molecule has 0 saturated carbocycles. The number of fused-ring (bicyclic) bond motifs is 1. The Morgan fingerprint density at radius 2 is 2.11 bits per heavy atom. The van der Waals surface area contributed by atoms with Gasteiger partial charge < -0.3 is 15.0 Å². The van der Waals surface area contributed by atoms with Crippen LogP contribution in [0.3, 0.4) is 0 Å². The van der Waals surface area contributed by atoms with Gasteiger partial charge in [0.1, 0.15) is 6.61 Å². The number of ether oxygens (including phenoxy) is 1. The number of nitrogens with zero attached hydrogens (tertiary/aromatic N) is 1. The van der Waals surface area contributed by atoms with Gasteiger partial charge >= 0.3 is 6.18 Å². The molecule has 0 aromatic rings. The van der Waals surface area contributed by atoms with E-state index in [2.05, 4.69) is 15.0 Å². The van der Waals surface area contributed by atoms with Crippen molar-refractivity contribution in [2.24, 2.45) is 5.92 Å². The van der Waals surface area contributed by atoms with Gasteiger partial charge in [-0.2, -0.15) is 13.2 Å². The molecule has 0 bridgehead atoms. The minimum atomic E-state index is -4.20. The summed E-state index contributed by atoms with van der Waals surface area (Å²) in [5.41, 5.74) is 0. The lowest BCUT2D eigenvalue weighted by molar-refractivity contribution is -0.174. The highest BCUT2D eigenvalue weighted by Gasteiger charge is 2.33. The molecular weight excluding hydrogens is 245 g/mol. The molecule has 2 rings (SSSR count). The number of halogens is 3. The van der Waals surface area contributed by atoms with Crippen molar-refractivity contribution in [3.8, 4) is 0 Å². The minimum absolute atomic E-state index is 0.193. The Morgan fingerprint density at radius 3 is 2.83 bits per heavy atom. The standard InChI is InChI=1S/C12H21F3N2O/c13-12(14,15)9-18-6-2-5-17-7-10-3-1-4-16-11(10)8-17/h10-11,16H,1-9H2/t10-,11+/m0/s1. The molecule has 0 aromatic heterocycles. The summed E-state index contributed by atoms with van der Waals surface area (Å²) < 4.78 is 40.1. The summed E-state index contributed by atoms with van der Waals surface area (Å²) in [4.78, 5) is 2.34. The molecule has 2 fully saturated rings. The van der Waals surface area contributed by atoms with E-state index in [-0.39, 0.29) is 6.61 Å². The molecule has 0 amide bonds. The first-order chi connectivity index (χ1) is 8.54. The van der Waals surface area contributed by atoms with Crippen LogP contribution in [0.5, 0.6) is 0 Å². The van der Waals surface area contributed by atoms with Crippen molar-refractivity contribution >= 4 is 0 Å². The number of alkyl halides is 3. The minimum Gasteiger partial charge on any atom is -0.372 e. The van der Waals surface area contributed by atoms with Crippen molar-refractivity contribution in [3.05, 3.63) is 0 Å². The number of rotatable bonds is 5. The molecule has 2 aliphatic heterocycles. The maximum Gasteiger partial charge on any atom is 0.411 e. The van der Waals surface area contributed by atoms with Crippen molar-refractivity contribution < 1.29 is 17.9 Å². The Kier molecular flexibility index (Phi) is 4.86. The second-order valence-corrected chi connectivity index (χ2v) is 5.24. The molecule has 0 unspecified atom stereocenters. The first-order valence-electron chi connectivity index (χ1n) is 6.65. The fraction of sp³-hybridized carbons (Fsp3) is 1.00. The quantitative estimate of drug-likeness (QED) is 0.766. The predicted octanol–water partition coefficient (Wildman–Crippen LogP) is 1.64. The zero-order valence-electron chi connectivity index (χ0n) is 10.5. The smallest absolute Gasteiger partial charge is 0.372 e. The predicted molar refractivity (Wildman–Crippen MR) is 62.4 cm³/mol. The van der Waals surface area contributed by atoms with Crippen LogP contribution in [0.15, 0.2) is 0 Å². The van der Waals surface area contributed by atoms with Crippen LogP contribution >= 0.6 is 0 Å². The third-order valence-corrected chi connectivity index (χ3v) is 3.70. The van der Waals surface area contributed by atoms with Gasteiger partial charge in [0.25, 0.3) is 0 Å². The van der Waals surface area contributed by atoms with Gasteiger partial charge in [-0.05, 0) is 31.7 Å². The molecule has 2 heterocycles. The zero-order chi connectivity index (χ0) is 13.0. The molecular formula is C12H21F3N2O. The van der Waals surface area contributed by atoms with Crippen molar-refractivity contribution in [2.75, 3.05) is 39.4 Å². The fourth-order valence-corrected chi connectivity index (χ4v) is 2.90. The van der Waals surface area contributed by atoms with Gasteiger partial charge in [-0.15, -0.1) is 0 Å². The van der Waals surface area contributed by atoms with E-state index >= 15 is 0 Å². The van der Waals surface area contributed by atoms with Crippen LogP contribution in [0, 0.1) is 5.92 Å². The molecule has 18 heavy (non-hydrogen) atoms. The lowest BCUT2D eigenvalue weighted by Crippen LogP contribution is -2.40. The van der Waals surface area contributed by atoms with Crippen molar-refractivity contribution in [3.63, 3.8) is 0 Å². The van der Waals surface area contributed by atoms with E-state index in [9.17, 15) is 13.2 Å². The summed E-state index contributed by atoms with van der Waals surface area (Å²) in [6.07, 6.45) is -1.01. The van der Waals surface area contributed by atoms with Gasteiger partial charge in [0.05, 0.1) is 0 Å². The van der Waals surface area contributed by atoms with Gasteiger partial charge in [0, 0.05) is 32.3 Å². The highest BCUT2D eigenvalue weighted by atomic mass is 19.4. The molecule has 0 aliphatic carbocycles. The average molecular weight is 266 g/mol. The fourth-order valence-electron chi connectivity index (χ4n) is 2.90. The van der Waals surface area contributed by atoms with Crippen LogP contribution in [0.2, 0.25) is 0 Å². The third-order valence-electron chi connectivity index (χ3n) is 3.70. The van der Waals surface area contributed by atoms with Crippen molar-refractivity contribution in [1.82, 2.24) is 10.2 Å². The van der Waals surface area contributed by atoms with Gasteiger partial charge in [0.2, 0.25) is 0 Å².